The number of benzene rings is 1. The number of hydrogen-bond donors (Lipinski definition) is 1. The van der Waals surface area contributed by atoms with Crippen molar-refractivity contribution in [3.63, 3.8) is 0 Å². The minimum Gasteiger partial charge on any atom is -0.494 e. The van der Waals surface area contributed by atoms with Crippen molar-refractivity contribution in [3.8, 4) is 5.75 Å². The van der Waals surface area contributed by atoms with Crippen molar-refractivity contribution >= 4 is 37.6 Å². The Bertz CT molecular complexity index is 648. The quantitative estimate of drug-likeness (QED) is 0.850. The Balaban J connectivity index is 2.49. The van der Waals surface area contributed by atoms with Gasteiger partial charge in [0.25, 0.3) is 0 Å². The zero-order valence-corrected chi connectivity index (χ0v) is 14.9. The molecular weight excluding hydrogens is 382 g/mol. The number of nitrogens with zero attached hydrogens (tertiary/aromatic N) is 1. The number of hydrogen-bond acceptors (Lipinski definition) is 4. The number of halogens is 2. The van der Waals surface area contributed by atoms with E-state index in [4.69, 9.17) is 16.3 Å². The van der Waals surface area contributed by atoms with Gasteiger partial charge in [0.05, 0.1) is 17.2 Å². The first kappa shape index (κ1) is 17.0. The Morgan fingerprint density at radius 1 is 1.48 bits per heavy atom. The predicted octanol–water partition coefficient (Wildman–Crippen LogP) is 2.65. The number of piperidine rings is 1. The van der Waals surface area contributed by atoms with Crippen molar-refractivity contribution in [2.45, 2.75) is 30.3 Å². The Morgan fingerprint density at radius 3 is 2.71 bits per heavy atom. The number of aliphatic hydroxyl groups is 1. The molecule has 1 aromatic carbocycles. The molecule has 118 valence electrons. The van der Waals surface area contributed by atoms with E-state index >= 15 is 0 Å². The van der Waals surface area contributed by atoms with Gasteiger partial charge in [-0.05, 0) is 47.8 Å². The van der Waals surface area contributed by atoms with Crippen LogP contribution in [0.1, 0.15) is 19.8 Å². The molecule has 1 aromatic rings. The van der Waals surface area contributed by atoms with Crippen LogP contribution in [0.4, 0.5) is 0 Å². The highest BCUT2D eigenvalue weighted by atomic mass is 79.9. The largest absolute Gasteiger partial charge is 0.494 e. The van der Waals surface area contributed by atoms with Crippen molar-refractivity contribution in [3.05, 3.63) is 21.6 Å². The maximum Gasteiger partial charge on any atom is 0.246 e. The molecule has 0 amide bonds. The lowest BCUT2D eigenvalue weighted by Gasteiger charge is -2.36. The summed E-state index contributed by atoms with van der Waals surface area (Å²) in [7, 11) is -2.38. The summed E-state index contributed by atoms with van der Waals surface area (Å²) < 4.78 is 32.6. The molecule has 0 bridgehead atoms. The summed E-state index contributed by atoms with van der Waals surface area (Å²) >= 11 is 9.22. The van der Waals surface area contributed by atoms with E-state index in [0.717, 1.165) is 0 Å². The van der Waals surface area contributed by atoms with Crippen LogP contribution in [-0.2, 0) is 10.0 Å². The van der Waals surface area contributed by atoms with E-state index in [1.807, 2.05) is 0 Å². The highest BCUT2D eigenvalue weighted by Gasteiger charge is 2.37. The Labute approximate surface area is 138 Å². The molecule has 0 aliphatic carbocycles. The van der Waals surface area contributed by atoms with Gasteiger partial charge in [-0.3, -0.25) is 0 Å². The molecule has 0 aromatic heterocycles. The first-order valence-electron chi connectivity index (χ1n) is 6.43. The average molecular weight is 399 g/mol. The lowest BCUT2D eigenvalue weighted by atomic mass is 9.97. The van der Waals surface area contributed by atoms with Crippen LogP contribution >= 0.6 is 27.5 Å². The van der Waals surface area contributed by atoms with Crippen molar-refractivity contribution in [1.29, 1.82) is 0 Å². The number of sulfonamides is 1. The molecule has 1 N–H and O–H groups in total. The third kappa shape index (κ3) is 3.53. The third-order valence-corrected chi connectivity index (χ3v) is 6.09. The van der Waals surface area contributed by atoms with Crippen molar-refractivity contribution in [2.24, 2.45) is 0 Å². The van der Waals surface area contributed by atoms with Crippen LogP contribution in [-0.4, -0.2) is 43.6 Å². The molecule has 0 radical (unpaired) electrons. The number of rotatable bonds is 3. The summed E-state index contributed by atoms with van der Waals surface area (Å²) in [5.74, 6) is 0.213. The summed E-state index contributed by atoms with van der Waals surface area (Å²) in [4.78, 5) is 0.00192. The minimum atomic E-state index is -3.79. The summed E-state index contributed by atoms with van der Waals surface area (Å²) in [6.45, 7) is 2.06. The number of methoxy groups -OCH3 is 1. The van der Waals surface area contributed by atoms with Gasteiger partial charge >= 0.3 is 0 Å². The topological polar surface area (TPSA) is 66.8 Å². The van der Waals surface area contributed by atoms with Gasteiger partial charge in [-0.25, -0.2) is 8.42 Å². The van der Waals surface area contributed by atoms with Gasteiger partial charge in [-0.1, -0.05) is 11.6 Å². The summed E-state index contributed by atoms with van der Waals surface area (Å²) in [5, 5.41) is 10.4. The summed E-state index contributed by atoms with van der Waals surface area (Å²) in [6.07, 6.45) is 1.19. The molecule has 21 heavy (non-hydrogen) atoms. The molecule has 5 nitrogen and oxygen atoms in total. The standard InChI is InChI=1S/C13H17BrClNO4S/c1-13(17)4-3-5-16(8-13)21(18,19)11-7-9(15)6-10(14)12(11)20-2/h6-7,17H,3-5,8H2,1-2H3. The normalized spacial score (nSPS) is 24.0. The monoisotopic (exact) mass is 397 g/mol. The first-order chi connectivity index (χ1) is 9.67. The van der Waals surface area contributed by atoms with Crippen molar-refractivity contribution < 1.29 is 18.3 Å². The second kappa shape index (κ2) is 6.04. The van der Waals surface area contributed by atoms with Gasteiger partial charge in [0.1, 0.15) is 4.90 Å². The smallest absolute Gasteiger partial charge is 0.246 e. The van der Waals surface area contributed by atoms with Crippen LogP contribution in [0, 0.1) is 0 Å². The van der Waals surface area contributed by atoms with E-state index in [-0.39, 0.29) is 17.2 Å². The molecule has 1 fully saturated rings. The molecule has 1 aliphatic heterocycles. The van der Waals surface area contributed by atoms with E-state index < -0.39 is 15.6 Å². The molecule has 1 unspecified atom stereocenters. The lowest BCUT2D eigenvalue weighted by molar-refractivity contribution is 0.00936. The molecule has 1 heterocycles. The maximum atomic E-state index is 12.8. The highest BCUT2D eigenvalue weighted by Crippen LogP contribution is 2.38. The van der Waals surface area contributed by atoms with Gasteiger partial charge in [0.2, 0.25) is 10.0 Å². The molecule has 0 saturated carbocycles. The minimum absolute atomic E-state index is 0.00192. The summed E-state index contributed by atoms with van der Waals surface area (Å²) in [6, 6.07) is 2.94. The van der Waals surface area contributed by atoms with E-state index in [2.05, 4.69) is 15.9 Å². The Kier molecular flexibility index (Phi) is 4.90. The fourth-order valence-corrected chi connectivity index (χ4v) is 5.41. The van der Waals surface area contributed by atoms with Gasteiger partial charge in [0, 0.05) is 18.1 Å². The highest BCUT2D eigenvalue weighted by molar-refractivity contribution is 9.10. The molecule has 2 rings (SSSR count). The fraction of sp³-hybridized carbons (Fsp3) is 0.538. The number of ether oxygens (including phenoxy) is 1. The van der Waals surface area contributed by atoms with E-state index in [1.165, 1.54) is 17.5 Å². The second-order valence-corrected chi connectivity index (χ2v) is 8.56. The fourth-order valence-electron chi connectivity index (χ4n) is 2.44. The first-order valence-corrected chi connectivity index (χ1v) is 9.04. The molecule has 1 aliphatic rings. The molecule has 1 saturated heterocycles. The Morgan fingerprint density at radius 2 is 2.14 bits per heavy atom. The van der Waals surface area contributed by atoms with Crippen LogP contribution in [0.15, 0.2) is 21.5 Å². The van der Waals surface area contributed by atoms with Crippen LogP contribution in [0.2, 0.25) is 5.02 Å². The molecule has 8 heteroatoms. The van der Waals surface area contributed by atoms with E-state index in [1.54, 1.807) is 13.0 Å². The average Bonchev–Trinajstić information content (AvgIpc) is 2.36. The van der Waals surface area contributed by atoms with E-state index in [0.29, 0.717) is 28.9 Å². The molecule has 0 spiro atoms. The molecular formula is C13H17BrClNO4S. The summed E-state index contributed by atoms with van der Waals surface area (Å²) in [5.41, 5.74) is -1.02. The zero-order valence-electron chi connectivity index (χ0n) is 11.8. The maximum absolute atomic E-state index is 12.8. The lowest BCUT2D eigenvalue weighted by Crippen LogP contribution is -2.48. The Hall–Kier alpha value is -0.340. The SMILES string of the molecule is COc1c(Br)cc(Cl)cc1S(=O)(=O)N1CCCC(C)(O)C1. The second-order valence-electron chi connectivity index (χ2n) is 5.36. The van der Waals surface area contributed by atoms with Gasteiger partial charge in [-0.15, -0.1) is 0 Å². The number of β-amino-alcohol motifs (C(OH)–C–C–N with tert-alkyl or cyclic N) is 1. The van der Waals surface area contributed by atoms with Crippen molar-refractivity contribution in [2.75, 3.05) is 20.2 Å². The van der Waals surface area contributed by atoms with Gasteiger partial charge in [-0.2, -0.15) is 4.31 Å². The molecule has 1 atom stereocenters. The van der Waals surface area contributed by atoms with Crippen LogP contribution in [0.5, 0.6) is 5.75 Å². The predicted molar refractivity (Wildman–Crippen MR) is 84.3 cm³/mol. The zero-order chi connectivity index (χ0) is 15.8. The van der Waals surface area contributed by atoms with Crippen LogP contribution in [0.3, 0.4) is 0 Å². The van der Waals surface area contributed by atoms with Gasteiger partial charge < -0.3 is 9.84 Å². The van der Waals surface area contributed by atoms with Crippen LogP contribution in [0.25, 0.3) is 0 Å². The third-order valence-electron chi connectivity index (χ3n) is 3.44. The van der Waals surface area contributed by atoms with E-state index in [9.17, 15) is 13.5 Å². The van der Waals surface area contributed by atoms with Crippen molar-refractivity contribution in [1.82, 2.24) is 4.31 Å². The van der Waals surface area contributed by atoms with Gasteiger partial charge in [0.15, 0.2) is 5.75 Å². The van der Waals surface area contributed by atoms with Crippen LogP contribution < -0.4 is 4.74 Å².